The lowest BCUT2D eigenvalue weighted by atomic mass is 9.97. The molecule has 0 unspecified atom stereocenters. The van der Waals surface area contributed by atoms with Crippen LogP contribution in [0.4, 0.5) is 0 Å². The Morgan fingerprint density at radius 3 is 0.806 bits per heavy atom. The molecule has 0 saturated carbocycles. The average molecular weight is 921 g/mol. The Morgan fingerprint density at radius 2 is 0.472 bits per heavy atom. The first-order valence-electron chi connectivity index (χ1n) is 24.4. The second-order valence-corrected chi connectivity index (χ2v) is 19.1. The van der Waals surface area contributed by atoms with Crippen LogP contribution in [-0.4, -0.2) is 9.13 Å². The molecule has 0 atom stereocenters. The Bertz CT molecular complexity index is 4740. The summed E-state index contributed by atoms with van der Waals surface area (Å²) in [7, 11) is 0. The van der Waals surface area contributed by atoms with E-state index < -0.39 is 0 Å². The SMILES string of the molecule is c1ccc2c(c1)c1ccccc1n2-c1ccc2oc3ccc4oc5ccc(-c6ccc(-c7ccc8oc9ccc%10oc%11ccc(-n%12c%13ccccc%13c%13ccccc%13%12)cc%11c%10c9c8c7)cc6)cc5c4c3c2c1. The van der Waals surface area contributed by atoms with Crippen LogP contribution in [0, 0.1) is 0 Å². The number of rotatable bonds is 4. The van der Waals surface area contributed by atoms with E-state index in [1.54, 1.807) is 0 Å². The van der Waals surface area contributed by atoms with Crippen molar-refractivity contribution in [3.05, 3.63) is 218 Å². The molecule has 0 amide bonds. The van der Waals surface area contributed by atoms with E-state index in [9.17, 15) is 0 Å². The number of fused-ring (bicyclic) bond motifs is 20. The van der Waals surface area contributed by atoms with Crippen molar-refractivity contribution >= 4 is 131 Å². The van der Waals surface area contributed by atoms with Crippen molar-refractivity contribution in [2.24, 2.45) is 0 Å². The van der Waals surface area contributed by atoms with Crippen LogP contribution in [-0.2, 0) is 0 Å². The molecule has 0 bridgehead atoms. The molecule has 6 heterocycles. The van der Waals surface area contributed by atoms with Crippen LogP contribution in [0.1, 0.15) is 0 Å². The molecule has 0 saturated heterocycles. The molecule has 6 heteroatoms. The topological polar surface area (TPSA) is 62.4 Å². The Balaban J connectivity index is 0.771. The summed E-state index contributed by atoms with van der Waals surface area (Å²) in [6, 6.07) is 77.6. The van der Waals surface area contributed by atoms with Crippen molar-refractivity contribution in [2.45, 2.75) is 0 Å². The van der Waals surface area contributed by atoms with Crippen molar-refractivity contribution in [3.8, 4) is 33.6 Å². The highest BCUT2D eigenvalue weighted by Gasteiger charge is 2.22. The lowest BCUT2D eigenvalue weighted by Crippen LogP contribution is -1.93. The van der Waals surface area contributed by atoms with Gasteiger partial charge in [0.15, 0.2) is 0 Å². The fraction of sp³-hybridized carbons (Fsp3) is 0. The maximum atomic E-state index is 6.56. The van der Waals surface area contributed by atoms with Crippen LogP contribution < -0.4 is 0 Å². The standard InChI is InChI=1S/C66H36N2O4/c1-5-13-51-43(9-1)44-10-2-6-14-52(44)67(51)41-23-27-57-49(35-41)65-61(71-57)31-29-59-63(65)47-33-39(21-25-55(47)69-59)37-17-19-38(20-18-37)40-22-26-56-48(34-40)64-60(70-56)30-32-62-66(64)50-36-42(24-28-58(50)72-62)68-53-15-7-3-11-45(53)46-12-4-8-16-54(46)68/h1-36H. The zero-order valence-electron chi connectivity index (χ0n) is 38.3. The Morgan fingerprint density at radius 1 is 0.208 bits per heavy atom. The van der Waals surface area contributed by atoms with Crippen molar-refractivity contribution < 1.29 is 17.7 Å². The summed E-state index contributed by atoms with van der Waals surface area (Å²) >= 11 is 0. The monoisotopic (exact) mass is 920 g/mol. The van der Waals surface area contributed by atoms with Crippen molar-refractivity contribution in [2.75, 3.05) is 0 Å². The molecule has 11 aromatic carbocycles. The molecule has 0 aliphatic heterocycles. The Hall–Kier alpha value is -9.78. The van der Waals surface area contributed by atoms with Gasteiger partial charge in [-0.05, 0) is 131 Å². The van der Waals surface area contributed by atoms with Gasteiger partial charge in [-0.3, -0.25) is 0 Å². The van der Waals surface area contributed by atoms with E-state index in [2.05, 4.69) is 203 Å². The highest BCUT2D eigenvalue weighted by atomic mass is 16.3. The molecule has 0 N–H and O–H groups in total. The minimum absolute atomic E-state index is 0.835. The van der Waals surface area contributed by atoms with Crippen molar-refractivity contribution in [1.29, 1.82) is 0 Å². The maximum Gasteiger partial charge on any atom is 0.136 e. The van der Waals surface area contributed by atoms with Crippen molar-refractivity contribution in [3.63, 3.8) is 0 Å². The minimum atomic E-state index is 0.835. The third-order valence-electron chi connectivity index (χ3n) is 15.3. The molecule has 6 nitrogen and oxygen atoms in total. The summed E-state index contributed by atoms with van der Waals surface area (Å²) in [6.07, 6.45) is 0. The van der Waals surface area contributed by atoms with Gasteiger partial charge in [-0.1, -0.05) is 109 Å². The number of aromatic nitrogens is 2. The normalized spacial score (nSPS) is 12.4. The zero-order valence-corrected chi connectivity index (χ0v) is 38.3. The fourth-order valence-corrected chi connectivity index (χ4v) is 12.1. The molecule has 0 radical (unpaired) electrons. The van der Waals surface area contributed by atoms with Gasteiger partial charge < -0.3 is 26.8 Å². The molecule has 17 aromatic rings. The first kappa shape index (κ1) is 38.1. The van der Waals surface area contributed by atoms with Crippen LogP contribution in [0.3, 0.4) is 0 Å². The summed E-state index contributed by atoms with van der Waals surface area (Å²) in [6.45, 7) is 0. The smallest absolute Gasteiger partial charge is 0.136 e. The van der Waals surface area contributed by atoms with Gasteiger partial charge in [0, 0.05) is 76.0 Å². The summed E-state index contributed by atoms with van der Waals surface area (Å²) in [4.78, 5) is 0. The van der Waals surface area contributed by atoms with E-state index in [0.717, 1.165) is 121 Å². The van der Waals surface area contributed by atoms with E-state index >= 15 is 0 Å². The molecule has 0 aliphatic rings. The molecular weight excluding hydrogens is 885 g/mol. The van der Waals surface area contributed by atoms with E-state index in [1.165, 1.54) is 43.6 Å². The van der Waals surface area contributed by atoms with E-state index in [0.29, 0.717) is 0 Å². The molecule has 17 rings (SSSR count). The summed E-state index contributed by atoms with van der Waals surface area (Å²) in [5.41, 5.74) is 18.0. The van der Waals surface area contributed by atoms with Crippen molar-refractivity contribution in [1.82, 2.24) is 9.13 Å². The highest BCUT2D eigenvalue weighted by Crippen LogP contribution is 2.45. The molecule has 334 valence electrons. The molecule has 0 fully saturated rings. The van der Waals surface area contributed by atoms with Gasteiger partial charge in [0.1, 0.15) is 44.7 Å². The predicted molar refractivity (Wildman–Crippen MR) is 295 cm³/mol. The van der Waals surface area contributed by atoms with Crippen LogP contribution in [0.25, 0.3) is 165 Å². The van der Waals surface area contributed by atoms with Crippen LogP contribution in [0.2, 0.25) is 0 Å². The third-order valence-corrected chi connectivity index (χ3v) is 15.3. The summed E-state index contributed by atoms with van der Waals surface area (Å²) < 4.78 is 31.0. The first-order valence-corrected chi connectivity index (χ1v) is 24.4. The number of furan rings is 4. The van der Waals surface area contributed by atoms with Gasteiger partial charge in [0.25, 0.3) is 0 Å². The van der Waals surface area contributed by atoms with Crippen LogP contribution in [0.15, 0.2) is 236 Å². The lowest BCUT2D eigenvalue weighted by molar-refractivity contribution is 0.663. The fourth-order valence-electron chi connectivity index (χ4n) is 12.1. The van der Waals surface area contributed by atoms with Gasteiger partial charge in [-0.2, -0.15) is 0 Å². The largest absolute Gasteiger partial charge is 0.456 e. The molecule has 0 aliphatic carbocycles. The summed E-state index contributed by atoms with van der Waals surface area (Å²) in [5, 5.41) is 13.4. The van der Waals surface area contributed by atoms with Gasteiger partial charge in [0.2, 0.25) is 0 Å². The Kier molecular flexibility index (Phi) is 7.38. The maximum absolute atomic E-state index is 6.56. The first-order chi connectivity index (χ1) is 35.7. The van der Waals surface area contributed by atoms with Gasteiger partial charge >= 0.3 is 0 Å². The number of hydrogen-bond donors (Lipinski definition) is 0. The minimum Gasteiger partial charge on any atom is -0.456 e. The second kappa shape index (κ2) is 13.9. The molecular formula is C66H36N2O4. The number of para-hydroxylation sites is 4. The second-order valence-electron chi connectivity index (χ2n) is 19.1. The number of hydrogen-bond acceptors (Lipinski definition) is 4. The van der Waals surface area contributed by atoms with Gasteiger partial charge in [-0.25, -0.2) is 0 Å². The summed E-state index contributed by atoms with van der Waals surface area (Å²) in [5.74, 6) is 0. The van der Waals surface area contributed by atoms with E-state index in [4.69, 9.17) is 17.7 Å². The van der Waals surface area contributed by atoms with Crippen LogP contribution >= 0.6 is 0 Å². The Labute approximate surface area is 408 Å². The van der Waals surface area contributed by atoms with E-state index in [1.807, 2.05) is 24.3 Å². The number of benzene rings is 11. The average Bonchev–Trinajstić information content (AvgIpc) is 4.29. The molecule has 72 heavy (non-hydrogen) atoms. The third kappa shape index (κ3) is 5.16. The predicted octanol–water partition coefficient (Wildman–Crippen LogP) is 18.8. The zero-order chi connectivity index (χ0) is 46.8. The van der Waals surface area contributed by atoms with E-state index in [-0.39, 0.29) is 0 Å². The highest BCUT2D eigenvalue weighted by molar-refractivity contribution is 6.28. The molecule has 0 spiro atoms. The van der Waals surface area contributed by atoms with Gasteiger partial charge in [-0.15, -0.1) is 0 Å². The van der Waals surface area contributed by atoms with Gasteiger partial charge in [0.05, 0.1) is 22.1 Å². The molecule has 6 aromatic heterocycles. The quantitative estimate of drug-likeness (QED) is 0.176. The van der Waals surface area contributed by atoms with Crippen LogP contribution in [0.5, 0.6) is 0 Å². The lowest BCUT2D eigenvalue weighted by Gasteiger charge is -2.08. The number of nitrogens with zero attached hydrogens (tertiary/aromatic N) is 2.